The normalized spacial score (nSPS) is 10.1. The second-order valence-corrected chi connectivity index (χ2v) is 4.40. The van der Waals surface area contributed by atoms with Gasteiger partial charge in [-0.15, -0.1) is 0 Å². The first-order valence-corrected chi connectivity index (χ1v) is 5.83. The van der Waals surface area contributed by atoms with E-state index in [0.29, 0.717) is 10.2 Å². The van der Waals surface area contributed by atoms with E-state index in [4.69, 9.17) is 5.73 Å². The molecule has 0 spiro atoms. The van der Waals surface area contributed by atoms with Crippen LogP contribution in [0.1, 0.15) is 10.4 Å². The summed E-state index contributed by atoms with van der Waals surface area (Å²) < 4.78 is 13.9. The highest BCUT2D eigenvalue weighted by Crippen LogP contribution is 2.21. The number of nitrogens with zero attached hydrogens (tertiary/aromatic N) is 1. The Morgan fingerprint density at radius 3 is 2.83 bits per heavy atom. The van der Waals surface area contributed by atoms with E-state index in [9.17, 15) is 9.18 Å². The zero-order chi connectivity index (χ0) is 13.1. The molecule has 0 aliphatic rings. The molecule has 1 amide bonds. The van der Waals surface area contributed by atoms with Crippen molar-refractivity contribution in [2.24, 2.45) is 0 Å². The minimum Gasteiger partial charge on any atom is -0.396 e. The van der Waals surface area contributed by atoms with Gasteiger partial charge in [-0.2, -0.15) is 0 Å². The molecule has 92 valence electrons. The van der Waals surface area contributed by atoms with Crippen molar-refractivity contribution in [2.75, 3.05) is 11.1 Å². The van der Waals surface area contributed by atoms with Gasteiger partial charge in [0.15, 0.2) is 0 Å². The number of halogens is 2. The maximum absolute atomic E-state index is 13.2. The number of aromatic nitrogens is 1. The summed E-state index contributed by atoms with van der Waals surface area (Å²) in [7, 11) is 0. The predicted octanol–water partition coefficient (Wildman–Crippen LogP) is 2.82. The molecular weight excluding hydrogens is 301 g/mol. The molecule has 0 bridgehead atoms. The van der Waals surface area contributed by atoms with Crippen LogP contribution in [0.15, 0.2) is 41.1 Å². The van der Waals surface area contributed by atoms with E-state index < -0.39 is 11.7 Å². The number of nitrogen functional groups attached to an aromatic ring is 1. The van der Waals surface area contributed by atoms with Gasteiger partial charge in [-0.05, 0) is 40.2 Å². The van der Waals surface area contributed by atoms with E-state index in [-0.39, 0.29) is 11.3 Å². The number of pyridine rings is 1. The summed E-state index contributed by atoms with van der Waals surface area (Å²) in [5, 5.41) is 2.64. The van der Waals surface area contributed by atoms with Crippen LogP contribution in [-0.4, -0.2) is 10.9 Å². The van der Waals surface area contributed by atoms with Gasteiger partial charge in [0.1, 0.15) is 5.82 Å². The highest BCUT2D eigenvalue weighted by molar-refractivity contribution is 9.10. The van der Waals surface area contributed by atoms with E-state index in [1.165, 1.54) is 12.1 Å². The molecule has 0 saturated carbocycles. The molecule has 0 aliphatic heterocycles. The third-order valence-electron chi connectivity index (χ3n) is 2.28. The average Bonchev–Trinajstić information content (AvgIpc) is 2.35. The molecule has 4 nitrogen and oxygen atoms in total. The Kier molecular flexibility index (Phi) is 3.57. The number of amides is 1. The topological polar surface area (TPSA) is 68.0 Å². The fourth-order valence-corrected chi connectivity index (χ4v) is 1.69. The van der Waals surface area contributed by atoms with Crippen molar-refractivity contribution in [3.63, 3.8) is 0 Å². The fourth-order valence-electron chi connectivity index (χ4n) is 1.34. The van der Waals surface area contributed by atoms with Crippen LogP contribution < -0.4 is 11.1 Å². The number of nitrogens with two attached hydrogens (primary N) is 1. The molecular formula is C12H9BrFN3O. The van der Waals surface area contributed by atoms with Crippen LogP contribution in [0, 0.1) is 5.82 Å². The molecule has 0 aliphatic carbocycles. The van der Waals surface area contributed by atoms with Crippen LogP contribution in [0.5, 0.6) is 0 Å². The smallest absolute Gasteiger partial charge is 0.255 e. The van der Waals surface area contributed by atoms with Crippen LogP contribution in [0.4, 0.5) is 15.8 Å². The number of hydrogen-bond donors (Lipinski definition) is 2. The molecule has 0 radical (unpaired) electrons. The van der Waals surface area contributed by atoms with Crippen molar-refractivity contribution >= 4 is 33.2 Å². The standard InChI is InChI=1S/C12H9BrFN3O/c13-8-6-16-4-3-11(8)17-12(18)7-1-2-10(15)9(14)5-7/h1-6H,15H2,(H,16,17,18). The first kappa shape index (κ1) is 12.5. The van der Waals surface area contributed by atoms with Gasteiger partial charge >= 0.3 is 0 Å². The predicted molar refractivity (Wildman–Crippen MR) is 70.7 cm³/mol. The Labute approximate surface area is 111 Å². The lowest BCUT2D eigenvalue weighted by atomic mass is 10.2. The Morgan fingerprint density at radius 2 is 2.17 bits per heavy atom. The number of hydrogen-bond acceptors (Lipinski definition) is 3. The van der Waals surface area contributed by atoms with E-state index in [1.54, 1.807) is 18.5 Å². The van der Waals surface area contributed by atoms with Gasteiger partial charge in [-0.1, -0.05) is 0 Å². The molecule has 1 aromatic heterocycles. The second kappa shape index (κ2) is 5.14. The molecule has 2 rings (SSSR count). The molecule has 2 aromatic rings. The SMILES string of the molecule is Nc1ccc(C(=O)Nc2ccncc2Br)cc1F. The molecule has 0 unspecified atom stereocenters. The lowest BCUT2D eigenvalue weighted by Crippen LogP contribution is -2.12. The summed E-state index contributed by atoms with van der Waals surface area (Å²) >= 11 is 3.25. The molecule has 1 heterocycles. The molecule has 18 heavy (non-hydrogen) atoms. The summed E-state index contributed by atoms with van der Waals surface area (Å²) in [5.74, 6) is -1.03. The Hall–Kier alpha value is -1.95. The Bertz CT molecular complexity index is 604. The maximum Gasteiger partial charge on any atom is 0.255 e. The lowest BCUT2D eigenvalue weighted by molar-refractivity contribution is 0.102. The van der Waals surface area contributed by atoms with Crippen molar-refractivity contribution in [3.05, 3.63) is 52.5 Å². The molecule has 0 atom stereocenters. The largest absolute Gasteiger partial charge is 0.396 e. The number of rotatable bonds is 2. The van der Waals surface area contributed by atoms with Gasteiger partial charge in [-0.25, -0.2) is 4.39 Å². The number of benzene rings is 1. The van der Waals surface area contributed by atoms with Gasteiger partial charge in [0, 0.05) is 18.0 Å². The highest BCUT2D eigenvalue weighted by atomic mass is 79.9. The van der Waals surface area contributed by atoms with E-state index in [1.807, 2.05) is 0 Å². The fraction of sp³-hybridized carbons (Fsp3) is 0. The maximum atomic E-state index is 13.2. The minimum atomic E-state index is -0.614. The molecule has 1 aromatic carbocycles. The zero-order valence-corrected chi connectivity index (χ0v) is 10.7. The molecule has 0 fully saturated rings. The number of nitrogens with one attached hydrogen (secondary N) is 1. The summed E-state index contributed by atoms with van der Waals surface area (Å²) in [6.07, 6.45) is 3.10. The monoisotopic (exact) mass is 309 g/mol. The van der Waals surface area contributed by atoms with Crippen molar-refractivity contribution in [1.29, 1.82) is 0 Å². The third kappa shape index (κ3) is 2.65. The number of carbonyl (C=O) groups excluding carboxylic acids is 1. The molecule has 6 heteroatoms. The van der Waals surface area contributed by atoms with Gasteiger partial charge in [0.25, 0.3) is 5.91 Å². The summed E-state index contributed by atoms with van der Waals surface area (Å²) in [6, 6.07) is 5.55. The zero-order valence-electron chi connectivity index (χ0n) is 9.15. The number of anilines is 2. The minimum absolute atomic E-state index is 0.0108. The van der Waals surface area contributed by atoms with Crippen LogP contribution in [0.2, 0.25) is 0 Å². The number of carbonyl (C=O) groups is 1. The first-order valence-electron chi connectivity index (χ1n) is 5.04. The summed E-state index contributed by atoms with van der Waals surface area (Å²) in [5.41, 5.74) is 6.12. The Balaban J connectivity index is 2.22. The van der Waals surface area contributed by atoms with Gasteiger partial charge in [0.05, 0.1) is 15.8 Å². The van der Waals surface area contributed by atoms with Crippen molar-refractivity contribution < 1.29 is 9.18 Å². The molecule has 3 N–H and O–H groups in total. The summed E-state index contributed by atoms with van der Waals surface area (Å²) in [4.78, 5) is 15.7. The average molecular weight is 310 g/mol. The van der Waals surface area contributed by atoms with Gasteiger partial charge in [-0.3, -0.25) is 9.78 Å². The van der Waals surface area contributed by atoms with E-state index in [2.05, 4.69) is 26.2 Å². The van der Waals surface area contributed by atoms with Crippen molar-refractivity contribution in [1.82, 2.24) is 4.98 Å². The van der Waals surface area contributed by atoms with Crippen LogP contribution in [-0.2, 0) is 0 Å². The first-order chi connectivity index (χ1) is 8.58. The van der Waals surface area contributed by atoms with Crippen molar-refractivity contribution in [2.45, 2.75) is 0 Å². The van der Waals surface area contributed by atoms with E-state index >= 15 is 0 Å². The molecule has 0 saturated heterocycles. The van der Waals surface area contributed by atoms with Crippen LogP contribution in [0.3, 0.4) is 0 Å². The van der Waals surface area contributed by atoms with Gasteiger partial charge < -0.3 is 11.1 Å². The highest BCUT2D eigenvalue weighted by Gasteiger charge is 2.10. The quantitative estimate of drug-likeness (QED) is 0.838. The second-order valence-electron chi connectivity index (χ2n) is 3.55. The third-order valence-corrected chi connectivity index (χ3v) is 2.92. The van der Waals surface area contributed by atoms with Crippen LogP contribution >= 0.6 is 15.9 Å². The van der Waals surface area contributed by atoms with Crippen molar-refractivity contribution in [3.8, 4) is 0 Å². The Morgan fingerprint density at radius 1 is 1.39 bits per heavy atom. The van der Waals surface area contributed by atoms with Crippen LogP contribution in [0.25, 0.3) is 0 Å². The van der Waals surface area contributed by atoms with Gasteiger partial charge in [0.2, 0.25) is 0 Å². The van der Waals surface area contributed by atoms with E-state index in [0.717, 1.165) is 6.07 Å². The summed E-state index contributed by atoms with van der Waals surface area (Å²) in [6.45, 7) is 0. The lowest BCUT2D eigenvalue weighted by Gasteiger charge is -2.07.